The fourth-order valence-electron chi connectivity index (χ4n) is 5.55. The molecule has 0 aromatic heterocycles. The number of rotatable bonds is 9. The molecule has 0 saturated carbocycles. The zero-order valence-electron chi connectivity index (χ0n) is 22.4. The molecule has 4 rings (SSSR count). The van der Waals surface area contributed by atoms with Gasteiger partial charge in [-0.1, -0.05) is 38.1 Å². The van der Waals surface area contributed by atoms with Crippen LogP contribution >= 0.6 is 0 Å². The molecule has 4 nitrogen and oxygen atoms in total. The van der Waals surface area contributed by atoms with E-state index < -0.39 is 0 Å². The maximum absolute atomic E-state index is 13.9. The third kappa shape index (κ3) is 6.11. The minimum absolute atomic E-state index is 0.0621. The van der Waals surface area contributed by atoms with Crippen molar-refractivity contribution in [3.8, 4) is 6.07 Å². The number of Topliss-reactive ketones (excluding diaryl/α,β-unsaturated/α-hetero) is 1. The molecular weight excluding hydrogens is 480 g/mol. The zero-order valence-corrected chi connectivity index (χ0v) is 22.4. The van der Waals surface area contributed by atoms with Gasteiger partial charge in [0.1, 0.15) is 23.5 Å². The molecule has 1 fully saturated rings. The van der Waals surface area contributed by atoms with Crippen molar-refractivity contribution < 1.29 is 13.6 Å². The predicted molar refractivity (Wildman–Crippen MR) is 147 cm³/mol. The van der Waals surface area contributed by atoms with Gasteiger partial charge in [0.05, 0.1) is 17.3 Å². The summed E-state index contributed by atoms with van der Waals surface area (Å²) in [5.41, 5.74) is 5.14. The number of hydrogen-bond donors (Lipinski definition) is 0. The molecular formula is C32H35F2N3O. The van der Waals surface area contributed by atoms with Crippen LogP contribution in [0.2, 0.25) is 0 Å². The Kier molecular flexibility index (Phi) is 8.91. The van der Waals surface area contributed by atoms with Crippen LogP contribution in [0.25, 0.3) is 0 Å². The van der Waals surface area contributed by atoms with Crippen molar-refractivity contribution in [2.45, 2.75) is 46.1 Å². The molecule has 38 heavy (non-hydrogen) atoms. The molecule has 0 N–H and O–H groups in total. The second-order valence-electron chi connectivity index (χ2n) is 10.1. The molecule has 0 spiro atoms. The number of piperazine rings is 1. The highest BCUT2D eigenvalue weighted by Crippen LogP contribution is 2.33. The lowest BCUT2D eigenvalue weighted by Gasteiger charge is -2.41. The molecule has 3 aromatic rings. The van der Waals surface area contributed by atoms with Gasteiger partial charge in [-0.15, -0.1) is 0 Å². The van der Waals surface area contributed by atoms with Gasteiger partial charge in [0.25, 0.3) is 0 Å². The quantitative estimate of drug-likeness (QED) is 0.322. The minimum atomic E-state index is -0.290. The lowest BCUT2D eigenvalue weighted by atomic mass is 9.92. The Bertz CT molecular complexity index is 1300. The van der Waals surface area contributed by atoms with E-state index in [9.17, 15) is 18.8 Å². The molecule has 1 aliphatic heterocycles. The molecule has 1 aliphatic rings. The van der Waals surface area contributed by atoms with Crippen molar-refractivity contribution in [2.24, 2.45) is 5.92 Å². The molecule has 3 aromatic carbocycles. The summed E-state index contributed by atoms with van der Waals surface area (Å²) in [5.74, 6) is -0.277. The monoisotopic (exact) mass is 515 g/mol. The standard InChI is InChI=1S/C32H35F2N3O/c1-4-24(5-2)31(38)20-23-6-13-30(26(19-23)21-35)36-14-16-37(17-15-36)32(25-7-9-27(33)10-8-25)29-12-11-28(34)18-22(29)3/h6-13,18-19,24,32H,4-5,14-17,20H2,1-3H3. The second kappa shape index (κ2) is 12.3. The highest BCUT2D eigenvalue weighted by atomic mass is 19.1. The van der Waals surface area contributed by atoms with Crippen LogP contribution in [0, 0.1) is 35.8 Å². The Hall–Kier alpha value is -3.56. The summed E-state index contributed by atoms with van der Waals surface area (Å²) in [6, 6.07) is 19.3. The number of hydrogen-bond acceptors (Lipinski definition) is 4. The highest BCUT2D eigenvalue weighted by molar-refractivity contribution is 5.83. The van der Waals surface area contributed by atoms with Gasteiger partial charge in [0.2, 0.25) is 0 Å². The van der Waals surface area contributed by atoms with Crippen LogP contribution in [0.15, 0.2) is 60.7 Å². The molecule has 0 aliphatic carbocycles. The molecule has 1 saturated heterocycles. The third-order valence-corrected chi connectivity index (χ3v) is 7.73. The van der Waals surface area contributed by atoms with Gasteiger partial charge < -0.3 is 4.90 Å². The number of carbonyl (C=O) groups excluding carboxylic acids is 1. The molecule has 1 heterocycles. The molecule has 198 valence electrons. The van der Waals surface area contributed by atoms with E-state index in [1.165, 1.54) is 24.3 Å². The Morgan fingerprint density at radius 1 is 0.921 bits per heavy atom. The Balaban J connectivity index is 1.53. The average Bonchev–Trinajstić information content (AvgIpc) is 2.92. The lowest BCUT2D eigenvalue weighted by molar-refractivity contribution is -0.122. The van der Waals surface area contributed by atoms with E-state index >= 15 is 0 Å². The minimum Gasteiger partial charge on any atom is -0.368 e. The summed E-state index contributed by atoms with van der Waals surface area (Å²) in [7, 11) is 0. The van der Waals surface area contributed by atoms with Crippen molar-refractivity contribution >= 4 is 11.5 Å². The van der Waals surface area contributed by atoms with E-state index in [0.717, 1.165) is 53.9 Å². The van der Waals surface area contributed by atoms with E-state index in [2.05, 4.69) is 15.9 Å². The molecule has 0 radical (unpaired) electrons. The van der Waals surface area contributed by atoms with E-state index in [-0.39, 0.29) is 29.4 Å². The first-order chi connectivity index (χ1) is 18.3. The van der Waals surface area contributed by atoms with Crippen LogP contribution in [0.4, 0.5) is 14.5 Å². The summed E-state index contributed by atoms with van der Waals surface area (Å²) < 4.78 is 27.6. The third-order valence-electron chi connectivity index (χ3n) is 7.73. The number of nitriles is 1. The Morgan fingerprint density at radius 3 is 2.18 bits per heavy atom. The van der Waals surface area contributed by atoms with Gasteiger partial charge in [-0.25, -0.2) is 8.78 Å². The van der Waals surface area contributed by atoms with Gasteiger partial charge in [0.15, 0.2) is 0 Å². The van der Waals surface area contributed by atoms with Crippen molar-refractivity contribution in [3.05, 3.63) is 100 Å². The fraction of sp³-hybridized carbons (Fsp3) is 0.375. The Labute approximate surface area is 224 Å². The van der Waals surface area contributed by atoms with Crippen LogP contribution in [-0.2, 0) is 11.2 Å². The molecule has 0 amide bonds. The Morgan fingerprint density at radius 2 is 1.58 bits per heavy atom. The number of benzene rings is 3. The second-order valence-corrected chi connectivity index (χ2v) is 10.1. The smallest absolute Gasteiger partial charge is 0.140 e. The summed E-state index contributed by atoms with van der Waals surface area (Å²) in [5, 5.41) is 9.89. The SMILES string of the molecule is CCC(CC)C(=O)Cc1ccc(N2CCN(C(c3ccc(F)cc3)c3ccc(F)cc3C)CC2)c(C#N)c1. The lowest BCUT2D eigenvalue weighted by Crippen LogP contribution is -2.48. The topological polar surface area (TPSA) is 47.3 Å². The van der Waals surface area contributed by atoms with E-state index in [1.807, 2.05) is 45.0 Å². The van der Waals surface area contributed by atoms with Crippen molar-refractivity contribution in [3.63, 3.8) is 0 Å². The normalized spacial score (nSPS) is 14.9. The van der Waals surface area contributed by atoms with Crippen LogP contribution in [0.5, 0.6) is 0 Å². The summed E-state index contributed by atoms with van der Waals surface area (Å²) in [4.78, 5) is 17.2. The van der Waals surface area contributed by atoms with Gasteiger partial charge in [-0.2, -0.15) is 5.26 Å². The maximum Gasteiger partial charge on any atom is 0.140 e. The first-order valence-corrected chi connectivity index (χ1v) is 13.4. The van der Waals surface area contributed by atoms with Crippen LogP contribution in [0.1, 0.15) is 60.5 Å². The van der Waals surface area contributed by atoms with Crippen molar-refractivity contribution in [1.29, 1.82) is 5.26 Å². The van der Waals surface area contributed by atoms with E-state index in [0.29, 0.717) is 25.1 Å². The molecule has 6 heteroatoms. The number of nitrogens with zero attached hydrogens (tertiary/aromatic N) is 3. The number of aryl methyl sites for hydroxylation is 1. The van der Waals surface area contributed by atoms with Crippen LogP contribution in [-0.4, -0.2) is 36.9 Å². The number of halogens is 2. The summed E-state index contributed by atoms with van der Waals surface area (Å²) in [6.07, 6.45) is 2.02. The summed E-state index contributed by atoms with van der Waals surface area (Å²) >= 11 is 0. The number of ketones is 1. The zero-order chi connectivity index (χ0) is 27.2. The van der Waals surface area contributed by atoms with Gasteiger partial charge >= 0.3 is 0 Å². The average molecular weight is 516 g/mol. The van der Waals surface area contributed by atoms with Crippen molar-refractivity contribution in [1.82, 2.24) is 4.90 Å². The molecule has 1 unspecified atom stereocenters. The number of carbonyl (C=O) groups is 1. The highest BCUT2D eigenvalue weighted by Gasteiger charge is 2.28. The van der Waals surface area contributed by atoms with Gasteiger partial charge in [0, 0.05) is 38.5 Å². The van der Waals surface area contributed by atoms with E-state index in [4.69, 9.17) is 0 Å². The summed E-state index contributed by atoms with van der Waals surface area (Å²) in [6.45, 7) is 8.83. The van der Waals surface area contributed by atoms with Gasteiger partial charge in [-0.3, -0.25) is 9.69 Å². The maximum atomic E-state index is 13.9. The fourth-order valence-corrected chi connectivity index (χ4v) is 5.55. The van der Waals surface area contributed by atoms with Crippen LogP contribution < -0.4 is 4.90 Å². The van der Waals surface area contributed by atoms with E-state index in [1.54, 1.807) is 12.1 Å². The molecule has 0 bridgehead atoms. The van der Waals surface area contributed by atoms with Crippen molar-refractivity contribution in [2.75, 3.05) is 31.1 Å². The predicted octanol–water partition coefficient (Wildman–Crippen LogP) is 6.60. The first-order valence-electron chi connectivity index (χ1n) is 13.4. The largest absolute Gasteiger partial charge is 0.368 e. The molecule has 1 atom stereocenters. The number of anilines is 1. The first kappa shape index (κ1) is 27.5. The van der Waals surface area contributed by atoms with Crippen LogP contribution in [0.3, 0.4) is 0 Å². The van der Waals surface area contributed by atoms with Gasteiger partial charge in [-0.05, 0) is 78.4 Å².